The first-order valence-corrected chi connectivity index (χ1v) is 11.4. The number of nitrogens with one attached hydrogen (secondary N) is 2. The Morgan fingerprint density at radius 3 is 2.82 bits per heavy atom. The molecule has 1 saturated heterocycles. The van der Waals surface area contributed by atoms with Crippen LogP contribution in [0.1, 0.15) is 51.6 Å². The first-order valence-electron chi connectivity index (χ1n) is 11.4. The Balaban J connectivity index is 1.16. The highest BCUT2D eigenvalue weighted by molar-refractivity contribution is 6.05. The molecule has 176 valence electrons. The van der Waals surface area contributed by atoms with Gasteiger partial charge in [0.15, 0.2) is 0 Å². The number of hydrogen-bond acceptors (Lipinski definition) is 6. The normalized spacial score (nSPS) is 21.5. The van der Waals surface area contributed by atoms with Gasteiger partial charge in [-0.1, -0.05) is 36.4 Å². The van der Waals surface area contributed by atoms with Crippen LogP contribution in [-0.2, 0) is 38.6 Å². The van der Waals surface area contributed by atoms with Crippen LogP contribution in [0.4, 0.5) is 4.79 Å². The zero-order valence-electron chi connectivity index (χ0n) is 18.5. The van der Waals surface area contributed by atoms with Crippen LogP contribution >= 0.6 is 0 Å². The molecule has 3 aliphatic rings. The SMILES string of the molecule is O=C1CCC(N2Cc3ccc(CNC(=O)OCC4OCCc5ccccc54)cc3C2=O)C(=O)N1. The Kier molecular flexibility index (Phi) is 6.02. The van der Waals surface area contributed by atoms with Crippen molar-refractivity contribution in [2.75, 3.05) is 13.2 Å². The van der Waals surface area contributed by atoms with Crippen molar-refractivity contribution in [3.63, 3.8) is 0 Å². The van der Waals surface area contributed by atoms with Crippen LogP contribution in [0.15, 0.2) is 42.5 Å². The van der Waals surface area contributed by atoms with E-state index < -0.39 is 18.0 Å². The molecule has 2 N–H and O–H groups in total. The maximum absolute atomic E-state index is 12.9. The van der Waals surface area contributed by atoms with Gasteiger partial charge in [0.2, 0.25) is 11.8 Å². The lowest BCUT2D eigenvalue weighted by Gasteiger charge is -2.29. The fraction of sp³-hybridized carbons (Fsp3) is 0.360. The minimum absolute atomic E-state index is 0.117. The van der Waals surface area contributed by atoms with E-state index in [2.05, 4.69) is 16.7 Å². The molecular weight excluding hydrogens is 438 g/mol. The molecule has 0 bridgehead atoms. The molecule has 0 saturated carbocycles. The lowest BCUT2D eigenvalue weighted by atomic mass is 9.98. The summed E-state index contributed by atoms with van der Waals surface area (Å²) in [5, 5.41) is 5.01. The molecule has 2 unspecified atom stereocenters. The van der Waals surface area contributed by atoms with E-state index in [1.807, 2.05) is 30.3 Å². The van der Waals surface area contributed by atoms with Crippen molar-refractivity contribution in [3.05, 3.63) is 70.3 Å². The average molecular weight is 463 g/mol. The zero-order chi connectivity index (χ0) is 23.7. The molecule has 1 fully saturated rings. The third-order valence-corrected chi connectivity index (χ3v) is 6.49. The van der Waals surface area contributed by atoms with E-state index in [0.717, 1.165) is 23.1 Å². The number of alkyl carbamates (subject to hydrolysis) is 1. The first kappa shape index (κ1) is 22.1. The van der Waals surface area contributed by atoms with Crippen LogP contribution in [0.3, 0.4) is 0 Å². The zero-order valence-corrected chi connectivity index (χ0v) is 18.5. The van der Waals surface area contributed by atoms with E-state index in [4.69, 9.17) is 9.47 Å². The second kappa shape index (κ2) is 9.26. The molecule has 2 aromatic carbocycles. The van der Waals surface area contributed by atoms with Gasteiger partial charge in [-0.3, -0.25) is 19.7 Å². The molecule has 9 nitrogen and oxygen atoms in total. The van der Waals surface area contributed by atoms with Crippen LogP contribution in [0.5, 0.6) is 0 Å². The topological polar surface area (TPSA) is 114 Å². The molecule has 0 spiro atoms. The fourth-order valence-corrected chi connectivity index (χ4v) is 4.70. The molecule has 4 amide bonds. The highest BCUT2D eigenvalue weighted by atomic mass is 16.6. The number of amides is 4. The van der Waals surface area contributed by atoms with E-state index in [1.165, 1.54) is 10.5 Å². The van der Waals surface area contributed by atoms with Gasteiger partial charge in [0.1, 0.15) is 18.8 Å². The molecule has 0 aromatic heterocycles. The third-order valence-electron chi connectivity index (χ3n) is 6.49. The summed E-state index contributed by atoms with van der Waals surface area (Å²) in [5.74, 6) is -1.00. The van der Waals surface area contributed by atoms with Gasteiger partial charge < -0.3 is 19.7 Å². The maximum atomic E-state index is 12.9. The van der Waals surface area contributed by atoms with Crippen molar-refractivity contribution in [1.29, 1.82) is 0 Å². The second-order valence-corrected chi connectivity index (χ2v) is 8.65. The van der Waals surface area contributed by atoms with Crippen LogP contribution in [-0.4, -0.2) is 48.0 Å². The molecule has 3 heterocycles. The van der Waals surface area contributed by atoms with Gasteiger partial charge in [0, 0.05) is 25.1 Å². The van der Waals surface area contributed by atoms with Crippen molar-refractivity contribution in [1.82, 2.24) is 15.5 Å². The van der Waals surface area contributed by atoms with Gasteiger partial charge in [-0.15, -0.1) is 0 Å². The summed E-state index contributed by atoms with van der Waals surface area (Å²) in [5.41, 5.74) is 4.31. The molecule has 34 heavy (non-hydrogen) atoms. The number of benzene rings is 2. The van der Waals surface area contributed by atoms with E-state index in [0.29, 0.717) is 25.1 Å². The summed E-state index contributed by atoms with van der Waals surface area (Å²) < 4.78 is 11.1. The summed E-state index contributed by atoms with van der Waals surface area (Å²) >= 11 is 0. The van der Waals surface area contributed by atoms with E-state index in [9.17, 15) is 19.2 Å². The Morgan fingerprint density at radius 2 is 1.97 bits per heavy atom. The lowest BCUT2D eigenvalue weighted by Crippen LogP contribution is -2.52. The minimum Gasteiger partial charge on any atom is -0.446 e. The van der Waals surface area contributed by atoms with Crippen molar-refractivity contribution < 1.29 is 28.7 Å². The summed E-state index contributed by atoms with van der Waals surface area (Å²) in [6.07, 6.45) is 0.525. The average Bonchev–Trinajstić information content (AvgIpc) is 3.17. The second-order valence-electron chi connectivity index (χ2n) is 8.65. The largest absolute Gasteiger partial charge is 0.446 e. The third kappa shape index (κ3) is 4.38. The predicted molar refractivity (Wildman–Crippen MR) is 120 cm³/mol. The standard InChI is InChI=1S/C25H25N3O6/c29-22-8-7-20(23(30)27-22)28-13-17-6-5-15(11-19(17)24(28)31)12-26-25(32)34-14-21-18-4-2-1-3-16(18)9-10-33-21/h1-6,11,20-21H,7-10,12-14H2,(H,26,32)(H,27,29,30). The van der Waals surface area contributed by atoms with Crippen LogP contribution in [0.25, 0.3) is 0 Å². The minimum atomic E-state index is -0.652. The van der Waals surface area contributed by atoms with Gasteiger partial charge in [-0.2, -0.15) is 0 Å². The van der Waals surface area contributed by atoms with Crippen molar-refractivity contribution >= 4 is 23.8 Å². The molecular formula is C25H25N3O6. The Hall–Kier alpha value is -3.72. The lowest BCUT2D eigenvalue weighted by molar-refractivity contribution is -0.136. The number of imide groups is 1. The van der Waals surface area contributed by atoms with Crippen LogP contribution in [0.2, 0.25) is 0 Å². The quantitative estimate of drug-likeness (QED) is 0.656. The fourth-order valence-electron chi connectivity index (χ4n) is 4.70. The number of hydrogen-bond donors (Lipinski definition) is 2. The number of carbonyl (C=O) groups excluding carboxylic acids is 4. The molecule has 5 rings (SSSR count). The van der Waals surface area contributed by atoms with Crippen molar-refractivity contribution in [3.8, 4) is 0 Å². The van der Waals surface area contributed by atoms with Gasteiger partial charge in [0.05, 0.1) is 6.61 Å². The highest BCUT2D eigenvalue weighted by Crippen LogP contribution is 2.29. The van der Waals surface area contributed by atoms with E-state index in [-0.39, 0.29) is 37.5 Å². The van der Waals surface area contributed by atoms with E-state index in [1.54, 1.807) is 6.07 Å². The Bertz CT molecular complexity index is 1160. The number of ether oxygens (including phenoxy) is 2. The molecule has 9 heteroatoms. The molecule has 3 aliphatic heterocycles. The van der Waals surface area contributed by atoms with Gasteiger partial charge >= 0.3 is 6.09 Å². The van der Waals surface area contributed by atoms with Gasteiger partial charge in [0.25, 0.3) is 5.91 Å². The Morgan fingerprint density at radius 1 is 1.12 bits per heavy atom. The van der Waals surface area contributed by atoms with Crippen molar-refractivity contribution in [2.24, 2.45) is 0 Å². The van der Waals surface area contributed by atoms with Crippen LogP contribution < -0.4 is 10.6 Å². The number of piperidine rings is 1. The van der Waals surface area contributed by atoms with Crippen LogP contribution in [0, 0.1) is 0 Å². The smallest absolute Gasteiger partial charge is 0.407 e. The predicted octanol–water partition coefficient (Wildman–Crippen LogP) is 1.99. The van der Waals surface area contributed by atoms with E-state index >= 15 is 0 Å². The number of fused-ring (bicyclic) bond motifs is 2. The Labute approximate surface area is 196 Å². The number of carbonyl (C=O) groups is 4. The highest BCUT2D eigenvalue weighted by Gasteiger charge is 2.39. The monoisotopic (exact) mass is 463 g/mol. The molecule has 2 atom stereocenters. The molecule has 0 aliphatic carbocycles. The molecule has 2 aromatic rings. The van der Waals surface area contributed by atoms with Gasteiger partial charge in [-0.05, 0) is 41.2 Å². The van der Waals surface area contributed by atoms with Crippen molar-refractivity contribution in [2.45, 2.75) is 44.5 Å². The summed E-state index contributed by atoms with van der Waals surface area (Å²) in [7, 11) is 0. The van der Waals surface area contributed by atoms with Gasteiger partial charge in [-0.25, -0.2) is 4.79 Å². The number of rotatable bonds is 5. The molecule has 0 radical (unpaired) electrons. The summed E-state index contributed by atoms with van der Waals surface area (Å²) in [6.45, 7) is 1.22. The summed E-state index contributed by atoms with van der Waals surface area (Å²) in [4.78, 5) is 50.3. The number of nitrogens with zero attached hydrogens (tertiary/aromatic N) is 1. The first-order chi connectivity index (χ1) is 16.5. The summed E-state index contributed by atoms with van der Waals surface area (Å²) in [6, 6.07) is 12.7. The maximum Gasteiger partial charge on any atom is 0.407 e.